The fourth-order valence-electron chi connectivity index (χ4n) is 4.92. The molecule has 338 valence electrons. The molecule has 0 fully saturated rings. The highest BCUT2D eigenvalue weighted by Gasteiger charge is 2.27. The molecule has 0 heterocycles. The van der Waals surface area contributed by atoms with Crippen LogP contribution in [0.2, 0.25) is 0 Å². The van der Waals surface area contributed by atoms with Gasteiger partial charge in [0.1, 0.15) is 12.7 Å². The zero-order valence-electron chi connectivity index (χ0n) is 36.2. The van der Waals surface area contributed by atoms with E-state index in [-0.39, 0.29) is 19.3 Å². The van der Waals surface area contributed by atoms with Crippen LogP contribution >= 0.6 is 7.82 Å². The van der Waals surface area contributed by atoms with Crippen molar-refractivity contribution < 1.29 is 52.9 Å². The second kappa shape index (κ2) is 42.0. The summed E-state index contributed by atoms with van der Waals surface area (Å²) in [6.07, 6.45) is 50.6. The third kappa shape index (κ3) is 41.1. The molecule has 0 saturated carbocycles. The van der Waals surface area contributed by atoms with Crippen LogP contribution in [0.1, 0.15) is 123 Å². The van der Waals surface area contributed by atoms with Crippen molar-refractivity contribution in [2.75, 3.05) is 26.4 Å². The molecular weight excluding hydrogens is 783 g/mol. The van der Waals surface area contributed by atoms with Gasteiger partial charge in [-0.2, -0.15) is 0 Å². The van der Waals surface area contributed by atoms with Crippen molar-refractivity contribution in [3.8, 4) is 0 Å². The van der Waals surface area contributed by atoms with Crippen molar-refractivity contribution in [1.29, 1.82) is 0 Å². The number of allylic oxidation sites excluding steroid dienone is 19. The maximum absolute atomic E-state index is 12.6. The van der Waals surface area contributed by atoms with Crippen LogP contribution in [-0.4, -0.2) is 76.9 Å². The smallest absolute Gasteiger partial charge is 0.462 e. The van der Waals surface area contributed by atoms with Gasteiger partial charge >= 0.3 is 19.8 Å². The van der Waals surface area contributed by atoms with E-state index >= 15 is 0 Å². The Bertz CT molecular complexity index is 1420. The van der Waals surface area contributed by atoms with Gasteiger partial charge in [-0.15, -0.1) is 0 Å². The summed E-state index contributed by atoms with van der Waals surface area (Å²) in [7, 11) is -4.69. The lowest BCUT2D eigenvalue weighted by molar-refractivity contribution is -0.161. The lowest BCUT2D eigenvalue weighted by Crippen LogP contribution is -2.30. The Hall–Kier alpha value is -3.67. The Morgan fingerprint density at radius 3 is 1.58 bits per heavy atom. The van der Waals surface area contributed by atoms with Crippen LogP contribution in [0.25, 0.3) is 0 Å². The summed E-state index contributed by atoms with van der Waals surface area (Å²) >= 11 is 0. The number of aliphatic hydroxyl groups is 3. The first-order valence-electron chi connectivity index (χ1n) is 21.6. The van der Waals surface area contributed by atoms with Crippen molar-refractivity contribution >= 4 is 19.8 Å². The summed E-state index contributed by atoms with van der Waals surface area (Å²) < 4.78 is 32.5. The van der Waals surface area contributed by atoms with E-state index < -0.39 is 64.5 Å². The molecular formula is C48H75O11P. The van der Waals surface area contributed by atoms with Crippen LogP contribution in [0.4, 0.5) is 0 Å². The van der Waals surface area contributed by atoms with Crippen molar-refractivity contribution in [3.63, 3.8) is 0 Å². The molecule has 2 unspecified atom stereocenters. The van der Waals surface area contributed by atoms with Gasteiger partial charge in [0.15, 0.2) is 6.10 Å². The molecule has 4 N–H and O–H groups in total. The Morgan fingerprint density at radius 1 is 0.567 bits per heavy atom. The van der Waals surface area contributed by atoms with Gasteiger partial charge in [-0.05, 0) is 83.5 Å². The van der Waals surface area contributed by atoms with E-state index in [0.29, 0.717) is 6.42 Å². The second-order valence-electron chi connectivity index (χ2n) is 13.8. The highest BCUT2D eigenvalue weighted by molar-refractivity contribution is 7.47. The average Bonchev–Trinajstić information content (AvgIpc) is 3.23. The van der Waals surface area contributed by atoms with Gasteiger partial charge in [-0.3, -0.25) is 18.6 Å². The Morgan fingerprint density at radius 2 is 1.05 bits per heavy atom. The molecule has 0 bridgehead atoms. The van der Waals surface area contributed by atoms with Gasteiger partial charge in [0, 0.05) is 12.8 Å². The normalized spacial score (nSPS) is 15.5. The summed E-state index contributed by atoms with van der Waals surface area (Å²) in [5, 5.41) is 28.6. The molecule has 0 amide bonds. The molecule has 12 heteroatoms. The predicted molar refractivity (Wildman–Crippen MR) is 243 cm³/mol. The Kier molecular flexibility index (Phi) is 39.5. The van der Waals surface area contributed by atoms with E-state index in [4.69, 9.17) is 19.1 Å². The molecule has 0 aromatic rings. The van der Waals surface area contributed by atoms with Gasteiger partial charge in [0.05, 0.1) is 25.9 Å². The molecule has 0 saturated heterocycles. The Labute approximate surface area is 360 Å². The topological polar surface area (TPSA) is 169 Å². The number of carbonyl (C=O) groups is 2. The van der Waals surface area contributed by atoms with Gasteiger partial charge in [0.2, 0.25) is 0 Å². The SMILES string of the molecule is CC/C=C\C/C=C\C/C=C\C/C=C\C/C=C\C=C/C(O)CCC(=O)OC[C@H](COP(=O)(O)OC[C@@H](O)CO)OC(=O)CCCCCC/C=C\C/C=C\C/C=C\C/C=C\CC. The molecule has 0 aliphatic heterocycles. The summed E-state index contributed by atoms with van der Waals surface area (Å²) in [5.74, 6) is -1.25. The van der Waals surface area contributed by atoms with E-state index in [0.717, 1.165) is 83.5 Å². The quantitative estimate of drug-likeness (QED) is 0.0153. The molecule has 0 aromatic heterocycles. The number of ether oxygens (including phenoxy) is 2. The number of unbranched alkanes of at least 4 members (excludes halogenated alkanes) is 4. The van der Waals surface area contributed by atoms with Crippen LogP contribution in [0.3, 0.4) is 0 Å². The van der Waals surface area contributed by atoms with E-state index in [1.807, 2.05) is 12.2 Å². The van der Waals surface area contributed by atoms with Gasteiger partial charge in [-0.1, -0.05) is 148 Å². The molecule has 0 rings (SSSR count). The number of esters is 2. The largest absolute Gasteiger partial charge is 0.472 e. The molecule has 11 nitrogen and oxygen atoms in total. The number of hydrogen-bond acceptors (Lipinski definition) is 10. The lowest BCUT2D eigenvalue weighted by atomic mass is 10.1. The van der Waals surface area contributed by atoms with Crippen LogP contribution in [0.15, 0.2) is 122 Å². The standard InChI is InChI=1S/C48H75O11P/c1-3-5-7-9-11-13-15-17-19-21-23-25-27-29-31-33-35-37-48(53)59-46(43-58-60(54,55)57-41-45(51)40-49)42-56-47(52)39-38-44(50)36-34-32-30-28-26-24-22-20-18-16-14-12-10-8-6-4-2/h5-8,11-14,17-20,23-26,30,32,34,36,44-46,49-51H,3-4,9-10,15-16,21-22,27-29,31,33,35,37-43H2,1-2H3,(H,54,55)/b7-5-,8-6-,13-11-,14-12-,19-17-,20-18-,25-23-,26-24-,32-30-,36-34-/t44?,45-,46+/m0/s1. The van der Waals surface area contributed by atoms with Crippen LogP contribution in [-0.2, 0) is 32.7 Å². The minimum Gasteiger partial charge on any atom is -0.462 e. The summed E-state index contributed by atoms with van der Waals surface area (Å²) in [5.41, 5.74) is 0. The second-order valence-corrected chi connectivity index (χ2v) is 15.3. The number of carbonyl (C=O) groups excluding carboxylic acids is 2. The molecule has 0 aromatic carbocycles. The highest BCUT2D eigenvalue weighted by Crippen LogP contribution is 2.43. The van der Waals surface area contributed by atoms with E-state index in [1.54, 1.807) is 12.2 Å². The fourth-order valence-corrected chi connectivity index (χ4v) is 5.70. The lowest BCUT2D eigenvalue weighted by Gasteiger charge is -2.20. The first kappa shape index (κ1) is 56.3. The highest BCUT2D eigenvalue weighted by atomic mass is 31.2. The van der Waals surface area contributed by atoms with Crippen LogP contribution < -0.4 is 0 Å². The van der Waals surface area contributed by atoms with Crippen molar-refractivity contribution in [2.45, 2.75) is 141 Å². The first-order valence-corrected chi connectivity index (χ1v) is 23.1. The molecule has 0 radical (unpaired) electrons. The minimum absolute atomic E-state index is 0.0934. The number of phosphoric acid groups is 1. The summed E-state index contributed by atoms with van der Waals surface area (Å²) in [6.45, 7) is 1.81. The molecule has 4 atom stereocenters. The summed E-state index contributed by atoms with van der Waals surface area (Å²) in [4.78, 5) is 35.0. The molecule has 0 aliphatic carbocycles. The Balaban J connectivity index is 4.60. The number of aliphatic hydroxyl groups excluding tert-OH is 3. The molecule has 60 heavy (non-hydrogen) atoms. The summed E-state index contributed by atoms with van der Waals surface area (Å²) in [6, 6.07) is 0. The van der Waals surface area contributed by atoms with Gasteiger partial charge < -0.3 is 29.7 Å². The third-order valence-corrected chi connectivity index (χ3v) is 9.18. The van der Waals surface area contributed by atoms with Gasteiger partial charge in [-0.25, -0.2) is 4.57 Å². The fraction of sp³-hybridized carbons (Fsp3) is 0.542. The predicted octanol–water partition coefficient (Wildman–Crippen LogP) is 10.5. The van der Waals surface area contributed by atoms with Crippen LogP contribution in [0, 0.1) is 0 Å². The third-order valence-electron chi connectivity index (χ3n) is 8.23. The number of phosphoric ester groups is 1. The minimum atomic E-state index is -4.69. The van der Waals surface area contributed by atoms with E-state index in [2.05, 4.69) is 116 Å². The number of hydrogen-bond donors (Lipinski definition) is 4. The monoisotopic (exact) mass is 859 g/mol. The number of rotatable bonds is 38. The van der Waals surface area contributed by atoms with E-state index in [9.17, 15) is 29.3 Å². The molecule has 0 aliphatic rings. The van der Waals surface area contributed by atoms with Crippen molar-refractivity contribution in [2.24, 2.45) is 0 Å². The maximum atomic E-state index is 12.6. The molecule has 0 spiro atoms. The first-order chi connectivity index (χ1) is 29.1. The van der Waals surface area contributed by atoms with Crippen LogP contribution in [0.5, 0.6) is 0 Å². The average molecular weight is 859 g/mol. The maximum Gasteiger partial charge on any atom is 0.472 e. The van der Waals surface area contributed by atoms with E-state index in [1.165, 1.54) is 0 Å². The zero-order chi connectivity index (χ0) is 44.2. The van der Waals surface area contributed by atoms with Crippen molar-refractivity contribution in [1.82, 2.24) is 0 Å². The zero-order valence-corrected chi connectivity index (χ0v) is 37.1. The van der Waals surface area contributed by atoms with Gasteiger partial charge in [0.25, 0.3) is 0 Å². The van der Waals surface area contributed by atoms with Crippen molar-refractivity contribution in [3.05, 3.63) is 122 Å².